The van der Waals surface area contributed by atoms with Crippen molar-refractivity contribution in [3.05, 3.63) is 65.8 Å². The van der Waals surface area contributed by atoms with Crippen molar-refractivity contribution in [3.63, 3.8) is 0 Å². The number of carbonyl (C=O) groups excluding carboxylic acids is 1. The van der Waals surface area contributed by atoms with Gasteiger partial charge >= 0.3 is 0 Å². The number of allylic oxidation sites excluding steroid dienone is 4. The van der Waals surface area contributed by atoms with E-state index in [-0.39, 0.29) is 16.6 Å². The molecule has 0 saturated heterocycles. The van der Waals surface area contributed by atoms with Gasteiger partial charge < -0.3 is 0 Å². The minimum absolute atomic E-state index is 0.141. The van der Waals surface area contributed by atoms with Crippen LogP contribution in [0, 0.1) is 10.8 Å². The van der Waals surface area contributed by atoms with Crippen LogP contribution in [0.1, 0.15) is 41.5 Å². The Labute approximate surface area is 156 Å². The highest BCUT2D eigenvalue weighted by molar-refractivity contribution is 6.23. The molecule has 0 atom stereocenters. The molecule has 0 spiro atoms. The van der Waals surface area contributed by atoms with Gasteiger partial charge in [-0.15, -0.1) is 0 Å². The first-order valence-electron chi connectivity index (χ1n) is 9.13. The van der Waals surface area contributed by atoms with Gasteiger partial charge in [-0.05, 0) is 34.4 Å². The zero-order chi connectivity index (χ0) is 19.1. The first kappa shape index (κ1) is 18.3. The van der Waals surface area contributed by atoms with Crippen molar-refractivity contribution in [2.75, 3.05) is 0 Å². The molecule has 0 unspecified atom stereocenters. The third-order valence-electron chi connectivity index (χ3n) is 4.71. The molecule has 1 aliphatic rings. The molecule has 2 nitrogen and oxygen atoms in total. The van der Waals surface area contributed by atoms with Crippen molar-refractivity contribution in [1.82, 2.24) is 0 Å². The molecule has 134 valence electrons. The molecule has 0 aliphatic heterocycles. The van der Waals surface area contributed by atoms with Crippen LogP contribution < -0.4 is 0 Å². The van der Waals surface area contributed by atoms with Crippen LogP contribution in [0.3, 0.4) is 0 Å². The maximum atomic E-state index is 13.0. The van der Waals surface area contributed by atoms with E-state index in [4.69, 9.17) is 4.99 Å². The van der Waals surface area contributed by atoms with E-state index in [1.54, 1.807) is 0 Å². The van der Waals surface area contributed by atoms with Crippen molar-refractivity contribution in [3.8, 4) is 0 Å². The number of benzene rings is 2. The molecule has 0 bridgehead atoms. The number of Topliss-reactive ketones (excluding diaryl/α,β-unsaturated/α-hetero) is 1. The molecule has 0 radical (unpaired) electrons. The Bertz CT molecular complexity index is 918. The summed E-state index contributed by atoms with van der Waals surface area (Å²) in [5.74, 6) is 0.141. The van der Waals surface area contributed by atoms with Crippen LogP contribution in [-0.2, 0) is 4.79 Å². The van der Waals surface area contributed by atoms with E-state index in [0.29, 0.717) is 0 Å². The van der Waals surface area contributed by atoms with Gasteiger partial charge in [-0.1, -0.05) is 77.9 Å². The quantitative estimate of drug-likeness (QED) is 0.547. The topological polar surface area (TPSA) is 29.4 Å². The summed E-state index contributed by atoms with van der Waals surface area (Å²) in [5, 5.41) is 2.29. The van der Waals surface area contributed by atoms with E-state index < -0.39 is 0 Å². The van der Waals surface area contributed by atoms with Gasteiger partial charge in [0.1, 0.15) is 0 Å². The van der Waals surface area contributed by atoms with Crippen LogP contribution in [0.25, 0.3) is 10.8 Å². The normalized spacial score (nSPS) is 15.8. The molecule has 0 N–H and O–H groups in total. The van der Waals surface area contributed by atoms with Crippen molar-refractivity contribution in [1.29, 1.82) is 0 Å². The van der Waals surface area contributed by atoms with Crippen LogP contribution in [0.15, 0.2) is 70.8 Å². The fourth-order valence-corrected chi connectivity index (χ4v) is 3.24. The lowest BCUT2D eigenvalue weighted by Crippen LogP contribution is -2.29. The summed E-state index contributed by atoms with van der Waals surface area (Å²) in [6.07, 6.45) is 3.92. The number of rotatable bonds is 1. The number of nitrogens with zero attached hydrogens (tertiary/aromatic N) is 1. The Morgan fingerprint density at radius 2 is 1.27 bits per heavy atom. The Kier molecular flexibility index (Phi) is 4.47. The third-order valence-corrected chi connectivity index (χ3v) is 4.71. The Morgan fingerprint density at radius 3 is 1.85 bits per heavy atom. The zero-order valence-corrected chi connectivity index (χ0v) is 16.6. The average Bonchev–Trinajstić information content (AvgIpc) is 2.54. The standard InChI is InChI=1S/C24H27NO/c1-23(2,3)19-14-17(15-20(22(19)26)24(4,5)6)25-21-13-9-11-16-10-7-8-12-18(16)21/h7-15H,1-6H3. The number of hydrogen-bond acceptors (Lipinski definition) is 2. The van der Waals surface area contributed by atoms with Gasteiger partial charge in [0.2, 0.25) is 0 Å². The van der Waals surface area contributed by atoms with Crippen molar-refractivity contribution in [2.24, 2.45) is 15.8 Å². The predicted molar refractivity (Wildman–Crippen MR) is 111 cm³/mol. The molecule has 0 fully saturated rings. The fraction of sp³-hybridized carbons (Fsp3) is 0.333. The Hall–Kier alpha value is -2.48. The largest absolute Gasteiger partial charge is 0.289 e. The molecular formula is C24H27NO. The van der Waals surface area contributed by atoms with Crippen LogP contribution in [0.2, 0.25) is 0 Å². The zero-order valence-electron chi connectivity index (χ0n) is 16.6. The summed E-state index contributed by atoms with van der Waals surface area (Å²) in [6.45, 7) is 12.5. The van der Waals surface area contributed by atoms with E-state index in [1.807, 2.05) is 36.4 Å². The molecule has 0 saturated carbocycles. The molecule has 0 aromatic heterocycles. The molecule has 26 heavy (non-hydrogen) atoms. The second-order valence-electron chi connectivity index (χ2n) is 8.98. The molecule has 0 heterocycles. The third kappa shape index (κ3) is 3.55. The predicted octanol–water partition coefficient (Wildman–Crippen LogP) is 6.44. The highest BCUT2D eigenvalue weighted by atomic mass is 16.1. The molecule has 1 aliphatic carbocycles. The summed E-state index contributed by atoms with van der Waals surface area (Å²) in [4.78, 5) is 18.0. The molecule has 0 amide bonds. The number of aliphatic imine (C=N–C) groups is 1. The monoisotopic (exact) mass is 345 g/mol. The van der Waals surface area contributed by atoms with Gasteiger partial charge in [0.25, 0.3) is 0 Å². The maximum Gasteiger partial charge on any atom is 0.186 e. The highest BCUT2D eigenvalue weighted by Gasteiger charge is 2.34. The Morgan fingerprint density at radius 1 is 0.731 bits per heavy atom. The fourth-order valence-electron chi connectivity index (χ4n) is 3.24. The summed E-state index contributed by atoms with van der Waals surface area (Å²) < 4.78 is 0. The smallest absolute Gasteiger partial charge is 0.186 e. The maximum absolute atomic E-state index is 13.0. The van der Waals surface area contributed by atoms with Crippen molar-refractivity contribution < 1.29 is 4.79 Å². The van der Waals surface area contributed by atoms with Crippen LogP contribution in [-0.4, -0.2) is 11.5 Å². The van der Waals surface area contributed by atoms with Crippen molar-refractivity contribution in [2.45, 2.75) is 41.5 Å². The van der Waals surface area contributed by atoms with Gasteiger partial charge in [0.15, 0.2) is 5.78 Å². The van der Waals surface area contributed by atoms with Gasteiger partial charge in [0.05, 0.1) is 11.4 Å². The van der Waals surface area contributed by atoms with E-state index in [1.165, 1.54) is 5.39 Å². The summed E-state index contributed by atoms with van der Waals surface area (Å²) >= 11 is 0. The van der Waals surface area contributed by atoms with E-state index >= 15 is 0 Å². The van der Waals surface area contributed by atoms with Crippen LogP contribution >= 0.6 is 0 Å². The number of fused-ring (bicyclic) bond motifs is 1. The lowest BCUT2D eigenvalue weighted by Gasteiger charge is -2.31. The van der Waals surface area contributed by atoms with Crippen LogP contribution in [0.5, 0.6) is 0 Å². The molecular weight excluding hydrogens is 318 g/mol. The number of hydrogen-bond donors (Lipinski definition) is 0. The van der Waals surface area contributed by atoms with Crippen molar-refractivity contribution >= 4 is 28.0 Å². The summed E-state index contributed by atoms with van der Waals surface area (Å²) in [7, 11) is 0. The van der Waals surface area contributed by atoms with Gasteiger partial charge in [-0.3, -0.25) is 4.79 Å². The lowest BCUT2D eigenvalue weighted by atomic mass is 9.72. The van der Waals surface area contributed by atoms with Crippen LogP contribution in [0.4, 0.5) is 5.69 Å². The Balaban J connectivity index is 2.20. The molecule has 2 aromatic carbocycles. The second-order valence-corrected chi connectivity index (χ2v) is 8.98. The number of ketones is 1. The van der Waals surface area contributed by atoms with Gasteiger partial charge in [0, 0.05) is 16.5 Å². The van der Waals surface area contributed by atoms with Gasteiger partial charge in [-0.25, -0.2) is 4.99 Å². The summed E-state index contributed by atoms with van der Waals surface area (Å²) in [6, 6.07) is 14.4. The second kappa shape index (κ2) is 6.35. The van der Waals surface area contributed by atoms with Gasteiger partial charge in [-0.2, -0.15) is 0 Å². The highest BCUT2D eigenvalue weighted by Crippen LogP contribution is 2.37. The molecule has 3 rings (SSSR count). The molecule has 2 aromatic rings. The average molecular weight is 345 g/mol. The van der Waals surface area contributed by atoms with E-state index in [2.05, 4.69) is 59.7 Å². The minimum atomic E-state index is -0.221. The summed E-state index contributed by atoms with van der Waals surface area (Å²) in [5.41, 5.74) is 2.98. The van der Waals surface area contributed by atoms with E-state index in [9.17, 15) is 4.79 Å². The molecule has 2 heteroatoms. The first-order valence-corrected chi connectivity index (χ1v) is 9.13. The first-order chi connectivity index (χ1) is 12.1. The minimum Gasteiger partial charge on any atom is -0.289 e. The number of carbonyl (C=O) groups is 1. The van der Waals surface area contributed by atoms with E-state index in [0.717, 1.165) is 27.9 Å². The lowest BCUT2D eigenvalue weighted by molar-refractivity contribution is -0.114. The SMILES string of the molecule is CC(C)(C)C1=CC(=Nc2cccc3ccccc23)C=C(C(C)(C)C)C1=O.